The van der Waals surface area contributed by atoms with Crippen molar-refractivity contribution in [1.29, 1.82) is 0 Å². The summed E-state index contributed by atoms with van der Waals surface area (Å²) in [6.07, 6.45) is 8.10. The van der Waals surface area contributed by atoms with E-state index in [0.717, 1.165) is 32.2 Å². The quantitative estimate of drug-likeness (QED) is 0.0980. The standard InChI is InChI=1S/C41H72N6O9/c1-39(2,3)54-36(51)31-44-25-23-43(21-15-11-10-14-20-42-38(53)56-41(7,8)9)24-26-45(32-37(52)55-40(4,5)6)28-30-46(29-27-44)33(48)17-13-12-16-22-47-34(49)18-19-35(47)50/h18-19H,10-17,20-32H2,1-9H3,(H,42,53). The van der Waals surface area contributed by atoms with E-state index >= 15 is 0 Å². The molecule has 0 aliphatic carbocycles. The first-order valence-electron chi connectivity index (χ1n) is 20.5. The molecule has 0 aromatic carbocycles. The summed E-state index contributed by atoms with van der Waals surface area (Å²) in [5.74, 6) is -1.26. The molecule has 2 aliphatic heterocycles. The van der Waals surface area contributed by atoms with Crippen LogP contribution < -0.4 is 5.32 Å². The Kier molecular flexibility index (Phi) is 20.5. The first-order valence-corrected chi connectivity index (χ1v) is 20.5. The molecule has 1 fully saturated rings. The number of carbonyl (C=O) groups is 6. The Labute approximate surface area is 335 Å². The van der Waals surface area contributed by atoms with Gasteiger partial charge in [-0.05, 0) is 94.5 Å². The third kappa shape index (κ3) is 22.2. The topological polar surface area (TPSA) is 158 Å². The van der Waals surface area contributed by atoms with E-state index < -0.39 is 22.9 Å². The van der Waals surface area contributed by atoms with Gasteiger partial charge in [0.1, 0.15) is 16.8 Å². The van der Waals surface area contributed by atoms with Crippen LogP contribution in [0.2, 0.25) is 0 Å². The molecule has 0 radical (unpaired) electrons. The highest BCUT2D eigenvalue weighted by molar-refractivity contribution is 6.12. The Balaban J connectivity index is 2.09. The molecule has 2 rings (SSSR count). The molecule has 15 nitrogen and oxygen atoms in total. The maximum absolute atomic E-state index is 13.7. The second-order valence-corrected chi connectivity index (χ2v) is 17.8. The molecule has 2 aliphatic rings. The number of unbranched alkanes of at least 4 members (excludes halogenated alkanes) is 5. The second-order valence-electron chi connectivity index (χ2n) is 17.8. The summed E-state index contributed by atoms with van der Waals surface area (Å²) in [6.45, 7) is 22.8. The Bertz CT molecular complexity index is 1250. The smallest absolute Gasteiger partial charge is 0.407 e. The van der Waals surface area contributed by atoms with Crippen LogP contribution in [0.4, 0.5) is 4.79 Å². The van der Waals surface area contributed by atoms with Crippen molar-refractivity contribution in [2.24, 2.45) is 0 Å². The first kappa shape index (κ1) is 48.6. The molecule has 320 valence electrons. The lowest BCUT2D eigenvalue weighted by Gasteiger charge is -2.34. The van der Waals surface area contributed by atoms with Gasteiger partial charge in [-0.25, -0.2) is 4.79 Å². The fourth-order valence-corrected chi connectivity index (χ4v) is 6.29. The normalized spacial score (nSPS) is 17.4. The van der Waals surface area contributed by atoms with E-state index in [0.29, 0.717) is 91.1 Å². The molecule has 4 amide bonds. The predicted molar refractivity (Wildman–Crippen MR) is 215 cm³/mol. The Morgan fingerprint density at radius 1 is 0.554 bits per heavy atom. The van der Waals surface area contributed by atoms with Crippen LogP contribution in [0.3, 0.4) is 0 Å². The Morgan fingerprint density at radius 3 is 1.48 bits per heavy atom. The lowest BCUT2D eigenvalue weighted by Crippen LogP contribution is -2.49. The summed E-state index contributed by atoms with van der Waals surface area (Å²) in [7, 11) is 0. The van der Waals surface area contributed by atoms with E-state index in [1.54, 1.807) is 0 Å². The van der Waals surface area contributed by atoms with E-state index in [1.165, 1.54) is 17.1 Å². The van der Waals surface area contributed by atoms with Gasteiger partial charge in [0.05, 0.1) is 13.1 Å². The largest absolute Gasteiger partial charge is 0.459 e. The summed E-state index contributed by atoms with van der Waals surface area (Å²) in [5.41, 5.74) is -1.78. The summed E-state index contributed by atoms with van der Waals surface area (Å²) in [4.78, 5) is 84.9. The van der Waals surface area contributed by atoms with Gasteiger partial charge in [0, 0.05) is 84.0 Å². The minimum absolute atomic E-state index is 0.0191. The molecule has 0 spiro atoms. The molecule has 15 heteroatoms. The summed E-state index contributed by atoms with van der Waals surface area (Å²) in [6, 6.07) is 0. The highest BCUT2D eigenvalue weighted by Gasteiger charge is 2.26. The van der Waals surface area contributed by atoms with Crippen LogP contribution in [-0.2, 0) is 38.2 Å². The van der Waals surface area contributed by atoms with Gasteiger partial charge in [-0.1, -0.05) is 19.3 Å². The minimum Gasteiger partial charge on any atom is -0.459 e. The zero-order chi connectivity index (χ0) is 41.9. The number of alkyl carbamates (subject to hydrolysis) is 1. The summed E-state index contributed by atoms with van der Waals surface area (Å²) < 4.78 is 16.6. The molecule has 1 N–H and O–H groups in total. The summed E-state index contributed by atoms with van der Waals surface area (Å²) >= 11 is 0. The van der Waals surface area contributed by atoms with Crippen LogP contribution in [0.25, 0.3) is 0 Å². The maximum atomic E-state index is 13.7. The molecule has 0 bridgehead atoms. The minimum atomic E-state index is -0.622. The average molecular weight is 793 g/mol. The van der Waals surface area contributed by atoms with Crippen molar-refractivity contribution in [1.82, 2.24) is 29.8 Å². The van der Waals surface area contributed by atoms with Crippen molar-refractivity contribution in [2.75, 3.05) is 85.1 Å². The fourth-order valence-electron chi connectivity index (χ4n) is 6.29. The van der Waals surface area contributed by atoms with Gasteiger partial charge in [-0.3, -0.25) is 38.7 Å². The lowest BCUT2D eigenvalue weighted by molar-refractivity contribution is -0.157. The van der Waals surface area contributed by atoms with Crippen LogP contribution in [-0.4, -0.2) is 162 Å². The van der Waals surface area contributed by atoms with Crippen molar-refractivity contribution >= 4 is 35.8 Å². The second kappa shape index (κ2) is 23.6. The number of nitrogens with zero attached hydrogens (tertiary/aromatic N) is 5. The van der Waals surface area contributed by atoms with Crippen LogP contribution in [0.5, 0.6) is 0 Å². The Hall–Kier alpha value is -3.56. The molecule has 0 aromatic heterocycles. The number of hydrogen-bond acceptors (Lipinski definition) is 12. The molecule has 56 heavy (non-hydrogen) atoms. The van der Waals surface area contributed by atoms with Gasteiger partial charge < -0.3 is 29.3 Å². The van der Waals surface area contributed by atoms with Crippen molar-refractivity contribution < 1.29 is 43.0 Å². The third-order valence-electron chi connectivity index (χ3n) is 8.98. The van der Waals surface area contributed by atoms with Crippen LogP contribution >= 0.6 is 0 Å². The number of nitrogens with one attached hydrogen (secondary N) is 1. The van der Waals surface area contributed by atoms with Crippen molar-refractivity contribution in [2.45, 2.75) is 130 Å². The Morgan fingerprint density at radius 2 is 0.982 bits per heavy atom. The molecule has 0 aromatic rings. The zero-order valence-corrected chi connectivity index (χ0v) is 35.9. The molecule has 0 saturated carbocycles. The maximum Gasteiger partial charge on any atom is 0.407 e. The monoisotopic (exact) mass is 793 g/mol. The van der Waals surface area contributed by atoms with Gasteiger partial charge in [0.2, 0.25) is 5.91 Å². The predicted octanol–water partition coefficient (Wildman–Crippen LogP) is 3.99. The van der Waals surface area contributed by atoms with Crippen molar-refractivity contribution in [3.05, 3.63) is 12.2 Å². The van der Waals surface area contributed by atoms with Gasteiger partial charge in [-0.15, -0.1) is 0 Å². The van der Waals surface area contributed by atoms with Crippen molar-refractivity contribution in [3.8, 4) is 0 Å². The molecular formula is C41H72N6O9. The number of rotatable bonds is 17. The van der Waals surface area contributed by atoms with Crippen LogP contribution in [0.15, 0.2) is 12.2 Å². The van der Waals surface area contributed by atoms with Crippen LogP contribution in [0.1, 0.15) is 114 Å². The highest BCUT2D eigenvalue weighted by Crippen LogP contribution is 2.13. The number of hydrogen-bond donors (Lipinski definition) is 1. The van der Waals surface area contributed by atoms with E-state index in [1.807, 2.05) is 67.2 Å². The van der Waals surface area contributed by atoms with Crippen LogP contribution in [0, 0.1) is 0 Å². The van der Waals surface area contributed by atoms with E-state index in [-0.39, 0.29) is 42.7 Å². The third-order valence-corrected chi connectivity index (χ3v) is 8.98. The van der Waals surface area contributed by atoms with Crippen molar-refractivity contribution in [3.63, 3.8) is 0 Å². The number of amides is 4. The van der Waals surface area contributed by atoms with Gasteiger partial charge in [-0.2, -0.15) is 0 Å². The number of esters is 2. The lowest BCUT2D eigenvalue weighted by atomic mass is 10.1. The van der Waals surface area contributed by atoms with E-state index in [2.05, 4.69) is 20.0 Å². The fraction of sp³-hybridized carbons (Fsp3) is 0.805. The van der Waals surface area contributed by atoms with Gasteiger partial charge in [0.15, 0.2) is 0 Å². The molecule has 0 atom stereocenters. The molecule has 1 saturated heterocycles. The summed E-state index contributed by atoms with van der Waals surface area (Å²) in [5, 5.41) is 2.82. The molecule has 0 unspecified atom stereocenters. The zero-order valence-electron chi connectivity index (χ0n) is 35.9. The first-order chi connectivity index (χ1) is 26.1. The van der Waals surface area contributed by atoms with Gasteiger partial charge >= 0.3 is 18.0 Å². The highest BCUT2D eigenvalue weighted by atomic mass is 16.6. The van der Waals surface area contributed by atoms with E-state index in [9.17, 15) is 28.8 Å². The van der Waals surface area contributed by atoms with Gasteiger partial charge in [0.25, 0.3) is 11.8 Å². The SMILES string of the molecule is CC(C)(C)OC(=O)CN1CCN(CCCCCCNC(=O)OC(C)(C)C)CCN(CC(=O)OC(C)(C)C)CCN(C(=O)CCCCCN2C(=O)C=CC2=O)CC1. The number of carbonyl (C=O) groups excluding carboxylic acids is 6. The number of imide groups is 1. The van der Waals surface area contributed by atoms with E-state index in [4.69, 9.17) is 14.2 Å². The number of ether oxygens (including phenoxy) is 3. The molecular weight excluding hydrogens is 720 g/mol. The molecule has 2 heterocycles. The average Bonchev–Trinajstić information content (AvgIpc) is 3.37.